The molecule has 1 aromatic heterocycles. The molecule has 216 valence electrons. The van der Waals surface area contributed by atoms with Crippen LogP contribution in [0.4, 0.5) is 0 Å². The highest BCUT2D eigenvalue weighted by Crippen LogP contribution is 2.23. The quantitative estimate of drug-likeness (QED) is 0.285. The molecule has 40 heavy (non-hydrogen) atoms. The van der Waals surface area contributed by atoms with Gasteiger partial charge in [0.1, 0.15) is 18.1 Å². The predicted molar refractivity (Wildman–Crippen MR) is 150 cm³/mol. The third-order valence-corrected chi connectivity index (χ3v) is 7.83. The second kappa shape index (κ2) is 14.6. The van der Waals surface area contributed by atoms with Gasteiger partial charge in [0, 0.05) is 42.1 Å². The van der Waals surface area contributed by atoms with Crippen LogP contribution in [0.3, 0.4) is 0 Å². The first kappa shape index (κ1) is 30.9. The summed E-state index contributed by atoms with van der Waals surface area (Å²) in [7, 11) is 0. The molecular formula is C28H37N5O6S. The van der Waals surface area contributed by atoms with Crippen molar-refractivity contribution in [3.8, 4) is 0 Å². The molecule has 0 bridgehead atoms. The van der Waals surface area contributed by atoms with E-state index in [1.807, 2.05) is 19.9 Å². The maximum atomic E-state index is 13.4. The minimum atomic E-state index is -1.15. The minimum Gasteiger partial charge on any atom is -0.480 e. The molecule has 3 amide bonds. The van der Waals surface area contributed by atoms with Gasteiger partial charge >= 0.3 is 5.97 Å². The zero-order valence-electron chi connectivity index (χ0n) is 23.0. The first-order valence-corrected chi connectivity index (χ1v) is 14.4. The van der Waals surface area contributed by atoms with Gasteiger partial charge in [-0.1, -0.05) is 62.9 Å². The summed E-state index contributed by atoms with van der Waals surface area (Å²) in [6.07, 6.45) is 4.34. The SMILES string of the molecule is CC(C)C[C@H](NC(=O)[C@H](Cc1cnc[nH]1)NC(=O)[C@H]1CCCN1C(=O)C(C)CSC(=O)c1ccccc1)C(=O)O. The molecule has 1 unspecified atom stereocenters. The number of thioether (sulfide) groups is 1. The molecule has 3 rings (SSSR count). The van der Waals surface area contributed by atoms with Crippen LogP contribution in [0.15, 0.2) is 42.9 Å². The van der Waals surface area contributed by atoms with Gasteiger partial charge in [0.05, 0.1) is 6.33 Å². The number of aromatic nitrogens is 2. The second-order valence-electron chi connectivity index (χ2n) is 10.4. The van der Waals surface area contributed by atoms with E-state index in [1.165, 1.54) is 17.4 Å². The van der Waals surface area contributed by atoms with Crippen LogP contribution >= 0.6 is 11.8 Å². The molecule has 0 aliphatic carbocycles. The molecular weight excluding hydrogens is 534 g/mol. The molecule has 2 aromatic rings. The number of carboxylic acids is 1. The molecule has 12 heteroatoms. The van der Waals surface area contributed by atoms with E-state index < -0.39 is 41.8 Å². The van der Waals surface area contributed by atoms with Crippen molar-refractivity contribution in [2.45, 2.75) is 64.6 Å². The lowest BCUT2D eigenvalue weighted by Crippen LogP contribution is -2.56. The van der Waals surface area contributed by atoms with Crippen molar-refractivity contribution in [2.24, 2.45) is 11.8 Å². The summed E-state index contributed by atoms with van der Waals surface area (Å²) in [4.78, 5) is 72.4. The maximum absolute atomic E-state index is 13.4. The standard InChI is InChI=1S/C28H37N5O6S/c1-17(2)12-22(27(37)38)32-24(34)21(13-20-14-29-16-30-20)31-25(35)23-10-7-11-33(23)26(36)18(3)15-40-28(39)19-8-5-4-6-9-19/h4-6,8-9,14,16-18,21-23H,7,10-13,15H2,1-3H3,(H,29,30)(H,31,35)(H,32,34)(H,37,38)/t18?,21-,22-,23+/m0/s1. The number of amides is 3. The van der Waals surface area contributed by atoms with Crippen molar-refractivity contribution in [3.05, 3.63) is 54.1 Å². The van der Waals surface area contributed by atoms with Gasteiger partial charge in [-0.3, -0.25) is 19.2 Å². The number of nitrogens with zero attached hydrogens (tertiary/aromatic N) is 2. The van der Waals surface area contributed by atoms with E-state index in [-0.39, 0.29) is 35.5 Å². The molecule has 2 heterocycles. The first-order chi connectivity index (χ1) is 19.1. The molecule has 1 aliphatic rings. The van der Waals surface area contributed by atoms with Crippen LogP contribution in [0, 0.1) is 11.8 Å². The highest BCUT2D eigenvalue weighted by Gasteiger charge is 2.38. The van der Waals surface area contributed by atoms with Gasteiger partial charge in [0.25, 0.3) is 0 Å². The van der Waals surface area contributed by atoms with Gasteiger partial charge in [-0.2, -0.15) is 0 Å². The summed E-state index contributed by atoms with van der Waals surface area (Å²) < 4.78 is 0. The van der Waals surface area contributed by atoms with Crippen molar-refractivity contribution in [1.29, 1.82) is 0 Å². The Labute approximate surface area is 237 Å². The van der Waals surface area contributed by atoms with Crippen LogP contribution in [0.5, 0.6) is 0 Å². The van der Waals surface area contributed by atoms with Crippen LogP contribution in [0.25, 0.3) is 0 Å². The van der Waals surface area contributed by atoms with Crippen LogP contribution in [0.1, 0.15) is 56.1 Å². The van der Waals surface area contributed by atoms with Crippen molar-refractivity contribution < 1.29 is 29.1 Å². The maximum Gasteiger partial charge on any atom is 0.326 e. The second-order valence-corrected chi connectivity index (χ2v) is 11.4. The monoisotopic (exact) mass is 571 g/mol. The average Bonchev–Trinajstić information content (AvgIpc) is 3.63. The number of likely N-dealkylation sites (tertiary alicyclic amines) is 1. The number of aliphatic carboxylic acids is 1. The number of rotatable bonds is 13. The average molecular weight is 572 g/mol. The van der Waals surface area contributed by atoms with Crippen LogP contribution in [-0.4, -0.2) is 79.2 Å². The van der Waals surface area contributed by atoms with Gasteiger partial charge < -0.3 is 25.6 Å². The van der Waals surface area contributed by atoms with Gasteiger partial charge in [0.2, 0.25) is 22.8 Å². The molecule has 1 aliphatic heterocycles. The Morgan fingerprint density at radius 1 is 1.10 bits per heavy atom. The topological polar surface area (TPSA) is 162 Å². The Bertz CT molecular complexity index is 1170. The number of carbonyl (C=O) groups is 5. The van der Waals surface area contributed by atoms with E-state index in [0.717, 1.165) is 11.8 Å². The summed E-state index contributed by atoms with van der Waals surface area (Å²) in [6, 6.07) is 5.88. The number of carbonyl (C=O) groups excluding carboxylic acids is 4. The Hall–Kier alpha value is -3.67. The fourth-order valence-electron chi connectivity index (χ4n) is 4.57. The molecule has 0 saturated carbocycles. The van der Waals surface area contributed by atoms with Crippen molar-refractivity contribution in [2.75, 3.05) is 12.3 Å². The van der Waals surface area contributed by atoms with Gasteiger partial charge in [0.15, 0.2) is 0 Å². The van der Waals surface area contributed by atoms with Crippen LogP contribution in [0.2, 0.25) is 0 Å². The zero-order valence-corrected chi connectivity index (χ0v) is 23.8. The Kier molecular flexibility index (Phi) is 11.3. The highest BCUT2D eigenvalue weighted by atomic mass is 32.2. The van der Waals surface area contributed by atoms with Crippen LogP contribution in [-0.2, 0) is 25.6 Å². The normalized spacial score (nSPS) is 17.2. The third kappa shape index (κ3) is 8.67. The lowest BCUT2D eigenvalue weighted by molar-refractivity contribution is -0.143. The van der Waals surface area contributed by atoms with E-state index >= 15 is 0 Å². The van der Waals surface area contributed by atoms with Gasteiger partial charge in [-0.15, -0.1) is 0 Å². The van der Waals surface area contributed by atoms with Gasteiger partial charge in [-0.05, 0) is 25.2 Å². The summed E-state index contributed by atoms with van der Waals surface area (Å²) in [5.74, 6) is -2.69. The first-order valence-electron chi connectivity index (χ1n) is 13.4. The van der Waals surface area contributed by atoms with E-state index in [9.17, 15) is 29.1 Å². The van der Waals surface area contributed by atoms with Crippen molar-refractivity contribution in [1.82, 2.24) is 25.5 Å². The lowest BCUT2D eigenvalue weighted by atomic mass is 10.0. The fraction of sp³-hybridized carbons (Fsp3) is 0.500. The number of aromatic amines is 1. The van der Waals surface area contributed by atoms with E-state index in [4.69, 9.17) is 0 Å². The molecule has 0 spiro atoms. The summed E-state index contributed by atoms with van der Waals surface area (Å²) in [5.41, 5.74) is 1.15. The van der Waals surface area contributed by atoms with E-state index in [2.05, 4.69) is 20.6 Å². The number of imidazole rings is 1. The zero-order chi connectivity index (χ0) is 29.2. The number of nitrogens with one attached hydrogen (secondary N) is 3. The largest absolute Gasteiger partial charge is 0.480 e. The summed E-state index contributed by atoms with van der Waals surface area (Å²) in [6.45, 7) is 5.84. The summed E-state index contributed by atoms with van der Waals surface area (Å²) >= 11 is 1.07. The summed E-state index contributed by atoms with van der Waals surface area (Å²) in [5, 5.41) is 14.7. The third-order valence-electron chi connectivity index (χ3n) is 6.67. The smallest absolute Gasteiger partial charge is 0.326 e. The molecule has 4 N–H and O–H groups in total. The van der Waals surface area contributed by atoms with E-state index in [1.54, 1.807) is 31.2 Å². The molecule has 11 nitrogen and oxygen atoms in total. The van der Waals surface area contributed by atoms with Crippen LogP contribution < -0.4 is 10.6 Å². The number of benzene rings is 1. The molecule has 1 aromatic carbocycles. The Morgan fingerprint density at radius 2 is 1.82 bits per heavy atom. The number of hydrogen-bond acceptors (Lipinski definition) is 7. The molecule has 1 saturated heterocycles. The highest BCUT2D eigenvalue weighted by molar-refractivity contribution is 8.14. The fourth-order valence-corrected chi connectivity index (χ4v) is 5.42. The Balaban J connectivity index is 1.65. The van der Waals surface area contributed by atoms with Crippen molar-refractivity contribution >= 4 is 40.6 Å². The van der Waals surface area contributed by atoms with Crippen molar-refractivity contribution in [3.63, 3.8) is 0 Å². The number of H-pyrrole nitrogens is 1. The van der Waals surface area contributed by atoms with E-state index in [0.29, 0.717) is 30.6 Å². The van der Waals surface area contributed by atoms with Gasteiger partial charge in [-0.25, -0.2) is 9.78 Å². The predicted octanol–water partition coefficient (Wildman–Crippen LogP) is 2.25. The Morgan fingerprint density at radius 3 is 2.45 bits per heavy atom. The lowest BCUT2D eigenvalue weighted by Gasteiger charge is -2.28. The minimum absolute atomic E-state index is 0.0308. The molecule has 0 radical (unpaired) electrons. The number of hydrogen-bond donors (Lipinski definition) is 4. The number of carboxylic acid groups (broad SMARTS) is 1. The molecule has 4 atom stereocenters. The molecule has 1 fully saturated rings.